The van der Waals surface area contributed by atoms with E-state index in [9.17, 15) is 9.18 Å². The van der Waals surface area contributed by atoms with Gasteiger partial charge in [0, 0.05) is 23.8 Å². The van der Waals surface area contributed by atoms with Gasteiger partial charge in [-0.3, -0.25) is 4.79 Å². The van der Waals surface area contributed by atoms with Gasteiger partial charge in [0.1, 0.15) is 28.8 Å². The Morgan fingerprint density at radius 3 is 2.23 bits per heavy atom. The average molecular weight is 306 g/mol. The second kappa shape index (κ2) is 6.80. The summed E-state index contributed by atoms with van der Waals surface area (Å²) in [4.78, 5) is 10.9. The highest BCUT2D eigenvalue weighted by Gasteiger charge is 2.14. The predicted octanol–water partition coefficient (Wildman–Crippen LogP) is 3.26. The second-order valence-corrected chi connectivity index (χ2v) is 4.44. The van der Waals surface area contributed by atoms with Crippen molar-refractivity contribution in [3.63, 3.8) is 0 Å². The zero-order valence-electron chi connectivity index (χ0n) is 12.1. The van der Waals surface area contributed by atoms with Gasteiger partial charge in [-0.15, -0.1) is 0 Å². The number of rotatable bonds is 6. The maximum Gasteiger partial charge on any atom is 0.308 e. The number of halogens is 1. The maximum atomic E-state index is 13.8. The van der Waals surface area contributed by atoms with Crippen molar-refractivity contribution in [3.8, 4) is 23.0 Å². The van der Waals surface area contributed by atoms with Crippen molar-refractivity contribution < 1.29 is 28.5 Å². The Hall–Kier alpha value is -2.76. The first-order valence-corrected chi connectivity index (χ1v) is 6.43. The standard InChI is InChI=1S/C16H15FO5/c1-20-10-6-11(21-2)8-12(7-10)22-15-5-3-4-14(17)13(15)9-16(18)19/h3-8H,9H2,1-2H3,(H,18,19). The molecule has 0 saturated heterocycles. The van der Waals surface area contributed by atoms with E-state index in [2.05, 4.69) is 0 Å². The molecule has 0 amide bonds. The molecule has 2 rings (SSSR count). The van der Waals surface area contributed by atoms with E-state index in [0.717, 1.165) is 0 Å². The molecule has 0 bridgehead atoms. The zero-order chi connectivity index (χ0) is 16.1. The van der Waals surface area contributed by atoms with Gasteiger partial charge in [0.05, 0.1) is 20.6 Å². The normalized spacial score (nSPS) is 10.1. The molecule has 0 saturated carbocycles. The van der Waals surface area contributed by atoms with E-state index in [4.69, 9.17) is 19.3 Å². The first-order chi connectivity index (χ1) is 10.5. The van der Waals surface area contributed by atoms with Gasteiger partial charge >= 0.3 is 5.97 Å². The number of carboxylic acid groups (broad SMARTS) is 1. The summed E-state index contributed by atoms with van der Waals surface area (Å²) in [7, 11) is 2.99. The summed E-state index contributed by atoms with van der Waals surface area (Å²) in [5, 5.41) is 8.88. The molecule has 0 unspecified atom stereocenters. The third-order valence-corrected chi connectivity index (χ3v) is 2.96. The average Bonchev–Trinajstić information content (AvgIpc) is 2.50. The highest BCUT2D eigenvalue weighted by molar-refractivity contribution is 5.71. The van der Waals surface area contributed by atoms with Crippen molar-refractivity contribution in [1.29, 1.82) is 0 Å². The Morgan fingerprint density at radius 2 is 1.68 bits per heavy atom. The second-order valence-electron chi connectivity index (χ2n) is 4.44. The van der Waals surface area contributed by atoms with E-state index < -0.39 is 18.2 Å². The molecule has 0 heterocycles. The fraction of sp³-hybridized carbons (Fsp3) is 0.188. The topological polar surface area (TPSA) is 65.0 Å². The molecule has 0 fully saturated rings. The van der Waals surface area contributed by atoms with Gasteiger partial charge in [0.2, 0.25) is 0 Å². The number of ether oxygens (including phenoxy) is 3. The summed E-state index contributed by atoms with van der Waals surface area (Å²) in [6, 6.07) is 9.00. The fourth-order valence-electron chi connectivity index (χ4n) is 1.92. The van der Waals surface area contributed by atoms with Crippen LogP contribution < -0.4 is 14.2 Å². The van der Waals surface area contributed by atoms with E-state index in [0.29, 0.717) is 17.2 Å². The molecule has 2 aromatic rings. The first-order valence-electron chi connectivity index (χ1n) is 6.43. The molecule has 0 radical (unpaired) electrons. The molecule has 116 valence electrons. The number of hydrogen-bond acceptors (Lipinski definition) is 4. The minimum atomic E-state index is -1.14. The molecule has 22 heavy (non-hydrogen) atoms. The molecule has 0 spiro atoms. The Bertz CT molecular complexity index is 662. The Kier molecular flexibility index (Phi) is 4.83. The third kappa shape index (κ3) is 3.66. The van der Waals surface area contributed by atoms with Crippen molar-refractivity contribution in [2.75, 3.05) is 14.2 Å². The van der Waals surface area contributed by atoms with Crippen LogP contribution in [-0.4, -0.2) is 25.3 Å². The minimum absolute atomic E-state index is 0.0169. The summed E-state index contributed by atoms with van der Waals surface area (Å²) < 4.78 is 29.7. The number of aliphatic carboxylic acids is 1. The Morgan fingerprint density at radius 1 is 1.09 bits per heavy atom. The molecular formula is C16H15FO5. The van der Waals surface area contributed by atoms with Gasteiger partial charge in [-0.2, -0.15) is 0 Å². The molecule has 1 N–H and O–H groups in total. The molecular weight excluding hydrogens is 291 g/mol. The van der Waals surface area contributed by atoms with E-state index in [1.807, 2.05) is 0 Å². The van der Waals surface area contributed by atoms with Gasteiger partial charge in [-0.1, -0.05) is 6.07 Å². The van der Waals surface area contributed by atoms with Crippen LogP contribution in [0.2, 0.25) is 0 Å². The largest absolute Gasteiger partial charge is 0.496 e. The molecule has 0 aromatic heterocycles. The van der Waals surface area contributed by atoms with Gasteiger partial charge in [0.25, 0.3) is 0 Å². The molecule has 0 aliphatic rings. The van der Waals surface area contributed by atoms with Gasteiger partial charge < -0.3 is 19.3 Å². The summed E-state index contributed by atoms with van der Waals surface area (Å²) >= 11 is 0. The lowest BCUT2D eigenvalue weighted by molar-refractivity contribution is -0.136. The summed E-state index contributed by atoms with van der Waals surface area (Å²) in [6.07, 6.45) is -0.469. The van der Waals surface area contributed by atoms with Crippen molar-refractivity contribution in [2.24, 2.45) is 0 Å². The van der Waals surface area contributed by atoms with E-state index >= 15 is 0 Å². The van der Waals surface area contributed by atoms with Crippen molar-refractivity contribution in [2.45, 2.75) is 6.42 Å². The van der Waals surface area contributed by atoms with Crippen LogP contribution in [-0.2, 0) is 11.2 Å². The zero-order valence-corrected chi connectivity index (χ0v) is 12.1. The van der Waals surface area contributed by atoms with Gasteiger partial charge in [-0.05, 0) is 12.1 Å². The Balaban J connectivity index is 2.38. The van der Waals surface area contributed by atoms with Gasteiger partial charge in [-0.25, -0.2) is 4.39 Å². The quantitative estimate of drug-likeness (QED) is 0.887. The smallest absolute Gasteiger partial charge is 0.308 e. The maximum absolute atomic E-state index is 13.8. The number of benzene rings is 2. The van der Waals surface area contributed by atoms with Crippen LogP contribution in [0.1, 0.15) is 5.56 Å². The SMILES string of the molecule is COc1cc(OC)cc(Oc2cccc(F)c2CC(=O)O)c1. The van der Waals surface area contributed by atoms with Crippen LogP contribution in [0.15, 0.2) is 36.4 Å². The molecule has 6 heteroatoms. The van der Waals surface area contributed by atoms with Crippen molar-refractivity contribution in [1.82, 2.24) is 0 Å². The lowest BCUT2D eigenvalue weighted by Crippen LogP contribution is -2.04. The van der Waals surface area contributed by atoms with Crippen LogP contribution in [0, 0.1) is 5.82 Å². The molecule has 0 atom stereocenters. The number of carbonyl (C=O) groups is 1. The monoisotopic (exact) mass is 306 g/mol. The summed E-state index contributed by atoms with van der Waals surface area (Å²) in [5.74, 6) is -0.268. The summed E-state index contributed by atoms with van der Waals surface area (Å²) in [5.41, 5.74) is -0.0169. The van der Waals surface area contributed by atoms with Crippen molar-refractivity contribution in [3.05, 3.63) is 47.8 Å². The first kappa shape index (κ1) is 15.6. The third-order valence-electron chi connectivity index (χ3n) is 2.96. The van der Waals surface area contributed by atoms with E-state index in [1.165, 1.54) is 32.4 Å². The molecule has 5 nitrogen and oxygen atoms in total. The predicted molar refractivity (Wildman–Crippen MR) is 77.4 cm³/mol. The molecule has 0 aliphatic carbocycles. The minimum Gasteiger partial charge on any atom is -0.496 e. The number of carboxylic acids is 1. The highest BCUT2D eigenvalue weighted by atomic mass is 19.1. The van der Waals surface area contributed by atoms with Crippen LogP contribution in [0.25, 0.3) is 0 Å². The number of methoxy groups -OCH3 is 2. The number of hydrogen-bond donors (Lipinski definition) is 1. The van der Waals surface area contributed by atoms with E-state index in [1.54, 1.807) is 18.2 Å². The van der Waals surface area contributed by atoms with E-state index in [-0.39, 0.29) is 11.3 Å². The lowest BCUT2D eigenvalue weighted by Gasteiger charge is -2.13. The van der Waals surface area contributed by atoms with Crippen molar-refractivity contribution >= 4 is 5.97 Å². The van der Waals surface area contributed by atoms with Crippen LogP contribution in [0.5, 0.6) is 23.0 Å². The highest BCUT2D eigenvalue weighted by Crippen LogP contribution is 2.33. The lowest BCUT2D eigenvalue weighted by atomic mass is 10.1. The Labute approximate surface area is 126 Å². The van der Waals surface area contributed by atoms with Crippen LogP contribution in [0.4, 0.5) is 4.39 Å². The summed E-state index contributed by atoms with van der Waals surface area (Å²) in [6.45, 7) is 0. The molecule has 0 aliphatic heterocycles. The molecule has 2 aromatic carbocycles. The fourth-order valence-corrected chi connectivity index (χ4v) is 1.92. The van der Waals surface area contributed by atoms with Gasteiger partial charge in [0.15, 0.2) is 0 Å². The van der Waals surface area contributed by atoms with Crippen LogP contribution >= 0.6 is 0 Å². The van der Waals surface area contributed by atoms with Crippen LogP contribution in [0.3, 0.4) is 0 Å².